The highest BCUT2D eigenvalue weighted by Gasteiger charge is 2.16. The van der Waals surface area contributed by atoms with Crippen molar-refractivity contribution in [2.24, 2.45) is 0 Å². The molecule has 26 heavy (non-hydrogen) atoms. The van der Waals surface area contributed by atoms with E-state index >= 15 is 0 Å². The topological polar surface area (TPSA) is 84.7 Å². The van der Waals surface area contributed by atoms with Crippen LogP contribution < -0.4 is 15.0 Å². The monoisotopic (exact) mass is 357 g/mol. The van der Waals surface area contributed by atoms with Gasteiger partial charge >= 0.3 is 5.69 Å². The number of carbonyl (C=O) groups is 1. The zero-order valence-electron chi connectivity index (χ0n) is 15.0. The number of anilines is 1. The Morgan fingerprint density at radius 2 is 1.96 bits per heavy atom. The van der Waals surface area contributed by atoms with Gasteiger partial charge in [-0.15, -0.1) is 0 Å². The van der Waals surface area contributed by atoms with Crippen molar-refractivity contribution in [1.29, 1.82) is 0 Å². The van der Waals surface area contributed by atoms with E-state index in [1.54, 1.807) is 19.1 Å². The van der Waals surface area contributed by atoms with Gasteiger partial charge < -0.3 is 15.0 Å². The second kappa shape index (κ2) is 9.41. The number of nitrogens with one attached hydrogen (secondary N) is 1. The van der Waals surface area contributed by atoms with E-state index in [4.69, 9.17) is 4.74 Å². The van der Waals surface area contributed by atoms with Gasteiger partial charge in [-0.3, -0.25) is 14.9 Å². The fourth-order valence-electron chi connectivity index (χ4n) is 2.44. The van der Waals surface area contributed by atoms with Crippen LogP contribution in [0.4, 0.5) is 11.4 Å². The minimum Gasteiger partial charge on any atom is -0.477 e. The summed E-state index contributed by atoms with van der Waals surface area (Å²) in [4.78, 5) is 24.5. The first-order valence-corrected chi connectivity index (χ1v) is 8.38. The molecule has 0 saturated heterocycles. The van der Waals surface area contributed by atoms with Crippen molar-refractivity contribution in [2.75, 3.05) is 31.6 Å². The Hall–Kier alpha value is -3.09. The summed E-state index contributed by atoms with van der Waals surface area (Å²) in [6, 6.07) is 14.6. The predicted molar refractivity (Wildman–Crippen MR) is 101 cm³/mol. The summed E-state index contributed by atoms with van der Waals surface area (Å²) in [6.45, 7) is 2.86. The molecule has 0 atom stereocenters. The summed E-state index contributed by atoms with van der Waals surface area (Å²) < 4.78 is 5.32. The zero-order chi connectivity index (χ0) is 18.9. The number of amides is 1. The number of benzene rings is 2. The third-order valence-electron chi connectivity index (χ3n) is 3.86. The van der Waals surface area contributed by atoms with E-state index in [1.807, 2.05) is 37.4 Å². The maximum atomic E-state index is 11.9. The van der Waals surface area contributed by atoms with Crippen LogP contribution in [-0.2, 0) is 4.79 Å². The molecular weight excluding hydrogens is 334 g/mol. The molecule has 0 aromatic heterocycles. The second-order valence-corrected chi connectivity index (χ2v) is 5.98. The summed E-state index contributed by atoms with van der Waals surface area (Å²) in [7, 11) is 2.00. The molecule has 0 fully saturated rings. The van der Waals surface area contributed by atoms with Gasteiger partial charge in [0.15, 0.2) is 12.4 Å². The second-order valence-electron chi connectivity index (χ2n) is 5.98. The first-order valence-electron chi connectivity index (χ1n) is 8.38. The third-order valence-corrected chi connectivity index (χ3v) is 3.86. The fraction of sp³-hybridized carbons (Fsp3) is 0.316. The van der Waals surface area contributed by atoms with Crippen molar-refractivity contribution >= 4 is 17.3 Å². The highest BCUT2D eigenvalue weighted by Crippen LogP contribution is 2.27. The summed E-state index contributed by atoms with van der Waals surface area (Å²) >= 11 is 0. The van der Waals surface area contributed by atoms with Crippen LogP contribution >= 0.6 is 0 Å². The van der Waals surface area contributed by atoms with Crippen molar-refractivity contribution in [1.82, 2.24) is 5.32 Å². The first-order chi connectivity index (χ1) is 12.5. The van der Waals surface area contributed by atoms with E-state index in [9.17, 15) is 14.9 Å². The molecular formula is C19H23N3O4. The Bertz CT molecular complexity index is 750. The molecule has 1 amide bonds. The van der Waals surface area contributed by atoms with E-state index in [2.05, 4.69) is 10.2 Å². The van der Waals surface area contributed by atoms with Crippen molar-refractivity contribution in [3.63, 3.8) is 0 Å². The molecule has 7 nitrogen and oxygen atoms in total. The predicted octanol–water partition coefficient (Wildman–Crippen LogP) is 2.92. The maximum absolute atomic E-state index is 11.9. The minimum atomic E-state index is -0.522. The van der Waals surface area contributed by atoms with Gasteiger partial charge in [0.2, 0.25) is 0 Å². The van der Waals surface area contributed by atoms with Crippen LogP contribution in [0, 0.1) is 17.0 Å². The maximum Gasteiger partial charge on any atom is 0.310 e. The number of rotatable bonds is 9. The van der Waals surface area contributed by atoms with Crippen molar-refractivity contribution < 1.29 is 14.5 Å². The molecule has 1 N–H and O–H groups in total. The van der Waals surface area contributed by atoms with Gasteiger partial charge in [-0.1, -0.05) is 24.3 Å². The minimum absolute atomic E-state index is 0.106. The third kappa shape index (κ3) is 5.77. The average molecular weight is 357 g/mol. The molecule has 0 aliphatic heterocycles. The van der Waals surface area contributed by atoms with E-state index in [0.717, 1.165) is 24.2 Å². The van der Waals surface area contributed by atoms with E-state index in [0.29, 0.717) is 6.54 Å². The molecule has 0 aliphatic rings. The van der Waals surface area contributed by atoms with E-state index in [1.165, 1.54) is 6.07 Å². The van der Waals surface area contributed by atoms with Gasteiger partial charge in [-0.2, -0.15) is 0 Å². The summed E-state index contributed by atoms with van der Waals surface area (Å²) in [6.07, 6.45) is 0.779. The van der Waals surface area contributed by atoms with Crippen LogP contribution in [0.1, 0.15) is 12.0 Å². The molecule has 2 rings (SSSR count). The fourth-order valence-corrected chi connectivity index (χ4v) is 2.44. The normalized spacial score (nSPS) is 10.2. The molecule has 138 valence electrons. The average Bonchev–Trinajstić information content (AvgIpc) is 2.64. The van der Waals surface area contributed by atoms with Crippen LogP contribution in [-0.4, -0.2) is 37.6 Å². The summed E-state index contributed by atoms with van der Waals surface area (Å²) in [5.74, 6) is -0.197. The Balaban J connectivity index is 1.73. The molecule has 0 heterocycles. The molecule has 0 radical (unpaired) electrons. The van der Waals surface area contributed by atoms with Gasteiger partial charge in [0, 0.05) is 31.9 Å². The molecule has 0 spiro atoms. The number of hydrogen-bond donors (Lipinski definition) is 1. The lowest BCUT2D eigenvalue weighted by atomic mass is 10.2. The molecule has 0 saturated carbocycles. The Labute approximate surface area is 152 Å². The Morgan fingerprint density at radius 1 is 1.23 bits per heavy atom. The lowest BCUT2D eigenvalue weighted by Gasteiger charge is -2.19. The van der Waals surface area contributed by atoms with Gasteiger partial charge in [0.05, 0.1) is 4.92 Å². The lowest BCUT2D eigenvalue weighted by molar-refractivity contribution is -0.385. The molecule has 0 aliphatic carbocycles. The lowest BCUT2D eigenvalue weighted by Crippen LogP contribution is -2.31. The van der Waals surface area contributed by atoms with Gasteiger partial charge in [-0.05, 0) is 37.1 Å². The van der Waals surface area contributed by atoms with E-state index in [-0.39, 0.29) is 24.0 Å². The van der Waals surface area contributed by atoms with Gasteiger partial charge in [-0.25, -0.2) is 0 Å². The van der Waals surface area contributed by atoms with E-state index < -0.39 is 4.92 Å². The van der Waals surface area contributed by atoms with Crippen LogP contribution in [0.2, 0.25) is 0 Å². The number of nitro benzene ring substituents is 1. The standard InChI is InChI=1S/C19H23N3O4/c1-15-9-10-17(22(24)25)18(13-15)26-14-19(23)20-11-6-12-21(2)16-7-4-3-5-8-16/h3-5,7-10,13H,6,11-12,14H2,1-2H3,(H,20,23). The zero-order valence-corrected chi connectivity index (χ0v) is 15.0. The van der Waals surface area contributed by atoms with Crippen molar-refractivity contribution in [3.8, 4) is 5.75 Å². The smallest absolute Gasteiger partial charge is 0.310 e. The SMILES string of the molecule is Cc1ccc([N+](=O)[O-])c(OCC(=O)NCCCN(C)c2ccccc2)c1. The van der Waals surface area contributed by atoms with Gasteiger partial charge in [0.1, 0.15) is 0 Å². The molecule has 0 bridgehead atoms. The summed E-state index contributed by atoms with van der Waals surface area (Å²) in [5.41, 5.74) is 1.80. The van der Waals surface area contributed by atoms with Crippen LogP contribution in [0.3, 0.4) is 0 Å². The number of para-hydroxylation sites is 1. The number of aryl methyl sites for hydroxylation is 1. The molecule has 0 unspecified atom stereocenters. The number of carbonyl (C=O) groups excluding carboxylic acids is 1. The number of hydrogen-bond acceptors (Lipinski definition) is 5. The van der Waals surface area contributed by atoms with Crippen LogP contribution in [0.15, 0.2) is 48.5 Å². The molecule has 2 aromatic carbocycles. The summed E-state index contributed by atoms with van der Waals surface area (Å²) in [5, 5.41) is 13.8. The van der Waals surface area contributed by atoms with Crippen molar-refractivity contribution in [2.45, 2.75) is 13.3 Å². The molecule has 2 aromatic rings. The number of ether oxygens (including phenoxy) is 1. The van der Waals surface area contributed by atoms with Crippen LogP contribution in [0.25, 0.3) is 0 Å². The highest BCUT2D eigenvalue weighted by molar-refractivity contribution is 5.77. The Kier molecular flexibility index (Phi) is 6.96. The number of nitrogens with zero attached hydrogens (tertiary/aromatic N) is 2. The highest BCUT2D eigenvalue weighted by atomic mass is 16.6. The largest absolute Gasteiger partial charge is 0.477 e. The van der Waals surface area contributed by atoms with Crippen molar-refractivity contribution in [3.05, 3.63) is 64.2 Å². The quantitative estimate of drug-likeness (QED) is 0.424. The number of nitro groups is 1. The first kappa shape index (κ1) is 19.2. The van der Waals surface area contributed by atoms with Gasteiger partial charge in [0.25, 0.3) is 5.91 Å². The Morgan fingerprint density at radius 3 is 2.65 bits per heavy atom. The molecule has 7 heteroatoms. The van der Waals surface area contributed by atoms with Crippen LogP contribution in [0.5, 0.6) is 5.75 Å².